The number of halogens is 1. The fraction of sp³-hybridized carbons (Fsp3) is 0.333. The Labute approximate surface area is 162 Å². The Hall–Kier alpha value is -2.77. The lowest BCUT2D eigenvalue weighted by molar-refractivity contribution is 0.0161. The number of rotatable bonds is 5. The maximum Gasteiger partial charge on any atom is 0.287 e. The van der Waals surface area contributed by atoms with Gasteiger partial charge in [-0.3, -0.25) is 14.7 Å². The van der Waals surface area contributed by atoms with Crippen molar-refractivity contribution in [3.8, 4) is 0 Å². The van der Waals surface area contributed by atoms with Gasteiger partial charge in [-0.15, -0.1) is 0 Å². The molecule has 1 aliphatic rings. The van der Waals surface area contributed by atoms with Crippen molar-refractivity contribution in [1.29, 1.82) is 0 Å². The Morgan fingerprint density at radius 3 is 2.82 bits per heavy atom. The topological polar surface area (TPSA) is 67.6 Å². The molecule has 0 unspecified atom stereocenters. The Bertz CT molecular complexity index is 968. The molecule has 4 rings (SSSR count). The van der Waals surface area contributed by atoms with Crippen LogP contribution in [0.4, 0.5) is 4.39 Å². The van der Waals surface area contributed by atoms with Gasteiger partial charge in [-0.05, 0) is 24.6 Å². The monoisotopic (exact) mass is 383 g/mol. The molecule has 1 N–H and O–H groups in total. The number of nitrogens with one attached hydrogen (secondary N) is 1. The molecule has 6 nitrogen and oxygen atoms in total. The summed E-state index contributed by atoms with van der Waals surface area (Å²) in [5, 5.41) is 3.56. The first kappa shape index (κ1) is 18.6. The van der Waals surface area contributed by atoms with Crippen molar-refractivity contribution in [1.82, 2.24) is 15.2 Å². The first-order valence-electron chi connectivity index (χ1n) is 9.32. The first-order chi connectivity index (χ1) is 13.6. The number of aryl methyl sites for hydroxylation is 1. The molecule has 1 atom stereocenters. The summed E-state index contributed by atoms with van der Waals surface area (Å²) in [4.78, 5) is 19.3. The van der Waals surface area contributed by atoms with Crippen LogP contribution in [0, 0.1) is 12.7 Å². The van der Waals surface area contributed by atoms with Crippen molar-refractivity contribution in [2.45, 2.75) is 13.0 Å². The average Bonchev–Trinajstić information content (AvgIpc) is 3.08. The van der Waals surface area contributed by atoms with E-state index < -0.39 is 5.82 Å². The molecule has 7 heteroatoms. The summed E-state index contributed by atoms with van der Waals surface area (Å²) in [7, 11) is 0. The van der Waals surface area contributed by atoms with E-state index in [0.717, 1.165) is 18.7 Å². The standard InChI is InChI=1S/C21H22FN3O3/c1-14-16-5-2-6-17(22)20(16)28-19(14)21(26)24-13-18(15-4-3-7-23-12-15)25-8-10-27-11-9-25/h2-7,12,18H,8-11,13H2,1H3,(H,24,26)/t18-/m1/s1. The van der Waals surface area contributed by atoms with E-state index in [1.165, 1.54) is 6.07 Å². The minimum absolute atomic E-state index is 0.0250. The summed E-state index contributed by atoms with van der Waals surface area (Å²) in [6.45, 7) is 5.04. The van der Waals surface area contributed by atoms with Crippen LogP contribution in [0.1, 0.15) is 27.7 Å². The van der Waals surface area contributed by atoms with Gasteiger partial charge in [0, 0.05) is 43.0 Å². The van der Waals surface area contributed by atoms with Gasteiger partial charge in [-0.2, -0.15) is 0 Å². The Morgan fingerprint density at radius 1 is 1.29 bits per heavy atom. The highest BCUT2D eigenvalue weighted by atomic mass is 19.1. The molecule has 0 bridgehead atoms. The molecular formula is C21H22FN3O3. The van der Waals surface area contributed by atoms with Crippen molar-refractivity contribution in [2.24, 2.45) is 0 Å². The third-order valence-corrected chi connectivity index (χ3v) is 5.13. The highest BCUT2D eigenvalue weighted by Gasteiger charge is 2.25. The van der Waals surface area contributed by atoms with Crippen molar-refractivity contribution >= 4 is 16.9 Å². The molecule has 1 aromatic carbocycles. The van der Waals surface area contributed by atoms with Crippen LogP contribution in [0.15, 0.2) is 47.1 Å². The molecule has 3 heterocycles. The summed E-state index contributed by atoms with van der Waals surface area (Å²) in [6.07, 6.45) is 3.54. The number of nitrogens with zero attached hydrogens (tertiary/aromatic N) is 2. The highest BCUT2D eigenvalue weighted by Crippen LogP contribution is 2.27. The van der Waals surface area contributed by atoms with E-state index in [1.54, 1.807) is 25.3 Å². The van der Waals surface area contributed by atoms with E-state index in [1.807, 2.05) is 18.3 Å². The summed E-state index contributed by atoms with van der Waals surface area (Å²) < 4.78 is 25.0. The van der Waals surface area contributed by atoms with Gasteiger partial charge in [-0.1, -0.05) is 18.2 Å². The van der Waals surface area contributed by atoms with Gasteiger partial charge >= 0.3 is 0 Å². The van der Waals surface area contributed by atoms with Gasteiger partial charge in [0.15, 0.2) is 17.2 Å². The number of hydrogen-bond donors (Lipinski definition) is 1. The van der Waals surface area contributed by atoms with Gasteiger partial charge in [0.1, 0.15) is 0 Å². The number of carbonyl (C=O) groups excluding carboxylic acids is 1. The van der Waals surface area contributed by atoms with E-state index in [4.69, 9.17) is 9.15 Å². The van der Waals surface area contributed by atoms with Crippen molar-refractivity contribution in [2.75, 3.05) is 32.8 Å². The van der Waals surface area contributed by atoms with Crippen molar-refractivity contribution in [3.63, 3.8) is 0 Å². The molecule has 1 aliphatic heterocycles. The van der Waals surface area contributed by atoms with Crippen LogP contribution in [0.3, 0.4) is 0 Å². The third kappa shape index (κ3) is 3.63. The molecule has 3 aromatic rings. The second kappa shape index (κ2) is 8.08. The van der Waals surface area contributed by atoms with Crippen molar-refractivity contribution in [3.05, 3.63) is 65.4 Å². The molecule has 0 radical (unpaired) electrons. The maximum atomic E-state index is 14.0. The Kier molecular flexibility index (Phi) is 5.36. The van der Waals surface area contributed by atoms with E-state index in [0.29, 0.717) is 30.7 Å². The minimum Gasteiger partial charge on any atom is -0.448 e. The molecular weight excluding hydrogens is 361 g/mol. The lowest BCUT2D eigenvalue weighted by Gasteiger charge is -2.34. The van der Waals surface area contributed by atoms with Gasteiger partial charge < -0.3 is 14.5 Å². The Balaban J connectivity index is 1.54. The van der Waals surface area contributed by atoms with Gasteiger partial charge in [0.2, 0.25) is 0 Å². The van der Waals surface area contributed by atoms with E-state index in [2.05, 4.69) is 15.2 Å². The van der Waals surface area contributed by atoms with E-state index in [-0.39, 0.29) is 23.3 Å². The number of morpholine rings is 1. The molecule has 28 heavy (non-hydrogen) atoms. The van der Waals surface area contributed by atoms with Gasteiger partial charge in [0.25, 0.3) is 5.91 Å². The SMILES string of the molecule is Cc1c(C(=O)NC[C@H](c2cccnc2)N2CCOCC2)oc2c(F)cccc12. The number of pyridine rings is 1. The number of amides is 1. The van der Waals surface area contributed by atoms with E-state index in [9.17, 15) is 9.18 Å². The molecule has 146 valence electrons. The lowest BCUT2D eigenvalue weighted by Crippen LogP contribution is -2.43. The number of benzene rings is 1. The number of carbonyl (C=O) groups is 1. The number of fused-ring (bicyclic) bond motifs is 1. The second-order valence-electron chi connectivity index (χ2n) is 6.83. The van der Waals surface area contributed by atoms with E-state index >= 15 is 0 Å². The minimum atomic E-state index is -0.471. The summed E-state index contributed by atoms with van der Waals surface area (Å²) >= 11 is 0. The normalized spacial score (nSPS) is 16.2. The van der Waals surface area contributed by atoms with Crippen LogP contribution >= 0.6 is 0 Å². The second-order valence-corrected chi connectivity index (χ2v) is 6.83. The number of furan rings is 1. The number of hydrogen-bond acceptors (Lipinski definition) is 5. The lowest BCUT2D eigenvalue weighted by atomic mass is 10.1. The molecule has 0 spiro atoms. The molecule has 0 saturated carbocycles. The quantitative estimate of drug-likeness (QED) is 0.733. The molecule has 1 amide bonds. The third-order valence-electron chi connectivity index (χ3n) is 5.13. The predicted molar refractivity (Wildman–Crippen MR) is 103 cm³/mol. The molecule has 2 aromatic heterocycles. The fourth-order valence-electron chi connectivity index (χ4n) is 3.62. The van der Waals surface area contributed by atoms with Crippen LogP contribution < -0.4 is 5.32 Å². The average molecular weight is 383 g/mol. The fourth-order valence-corrected chi connectivity index (χ4v) is 3.62. The number of para-hydroxylation sites is 1. The number of aromatic nitrogens is 1. The van der Waals surface area contributed by atoms with Gasteiger partial charge in [0.05, 0.1) is 19.3 Å². The zero-order chi connectivity index (χ0) is 19.5. The zero-order valence-electron chi connectivity index (χ0n) is 15.7. The van der Waals surface area contributed by atoms with Crippen LogP contribution in [0.25, 0.3) is 11.0 Å². The van der Waals surface area contributed by atoms with Crippen LogP contribution in [0.5, 0.6) is 0 Å². The largest absolute Gasteiger partial charge is 0.448 e. The van der Waals surface area contributed by atoms with Crippen LogP contribution in [-0.2, 0) is 4.74 Å². The first-order valence-corrected chi connectivity index (χ1v) is 9.32. The Morgan fingerprint density at radius 2 is 2.11 bits per heavy atom. The number of ether oxygens (including phenoxy) is 1. The molecule has 1 fully saturated rings. The van der Waals surface area contributed by atoms with Gasteiger partial charge in [-0.25, -0.2) is 4.39 Å². The summed E-state index contributed by atoms with van der Waals surface area (Å²) in [5.74, 6) is -0.677. The summed E-state index contributed by atoms with van der Waals surface area (Å²) in [5.41, 5.74) is 1.77. The maximum absolute atomic E-state index is 14.0. The zero-order valence-corrected chi connectivity index (χ0v) is 15.7. The van der Waals surface area contributed by atoms with Crippen LogP contribution in [0.2, 0.25) is 0 Å². The summed E-state index contributed by atoms with van der Waals surface area (Å²) in [6, 6.07) is 8.55. The highest BCUT2D eigenvalue weighted by molar-refractivity contribution is 5.99. The van der Waals surface area contributed by atoms with Crippen LogP contribution in [-0.4, -0.2) is 48.6 Å². The smallest absolute Gasteiger partial charge is 0.287 e. The molecule has 1 saturated heterocycles. The van der Waals surface area contributed by atoms with Crippen molar-refractivity contribution < 1.29 is 18.3 Å². The molecule has 0 aliphatic carbocycles. The predicted octanol–water partition coefficient (Wildman–Crippen LogP) is 3.08.